The van der Waals surface area contributed by atoms with E-state index in [0.717, 1.165) is 11.1 Å². The molecule has 3 rings (SSSR count). The molecule has 0 aliphatic heterocycles. The molecule has 3 aromatic rings. The summed E-state index contributed by atoms with van der Waals surface area (Å²) in [6.07, 6.45) is 2.32. The van der Waals surface area contributed by atoms with E-state index in [-0.39, 0.29) is 29.1 Å². The van der Waals surface area contributed by atoms with Crippen LogP contribution in [-0.2, 0) is 12.8 Å². The molecule has 0 spiro atoms. The van der Waals surface area contributed by atoms with Crippen LogP contribution in [-0.4, -0.2) is 22.5 Å². The average Bonchev–Trinajstić information content (AvgIpc) is 3.16. The minimum absolute atomic E-state index is 0.158. The third-order valence-corrected chi connectivity index (χ3v) is 4.08. The van der Waals surface area contributed by atoms with Crippen molar-refractivity contribution < 1.29 is 18.7 Å². The van der Waals surface area contributed by atoms with Crippen molar-refractivity contribution in [3.05, 3.63) is 83.3 Å². The van der Waals surface area contributed by atoms with Gasteiger partial charge >= 0.3 is 0 Å². The number of rotatable bonds is 7. The van der Waals surface area contributed by atoms with Crippen molar-refractivity contribution in [3.8, 4) is 5.75 Å². The maximum Gasteiger partial charge on any atom is 0.273 e. The fourth-order valence-corrected chi connectivity index (χ4v) is 2.60. The Morgan fingerprint density at radius 1 is 1.15 bits per heavy atom. The van der Waals surface area contributed by atoms with E-state index in [0.29, 0.717) is 19.4 Å². The summed E-state index contributed by atoms with van der Waals surface area (Å²) in [4.78, 5) is 16.3. The van der Waals surface area contributed by atoms with Gasteiger partial charge in [-0.2, -0.15) is 0 Å². The minimum Gasteiger partial charge on any atom is -0.508 e. The number of nitrogens with two attached hydrogens (primary N) is 1. The zero-order valence-corrected chi connectivity index (χ0v) is 14.6. The number of phenols is 1. The minimum atomic E-state index is -0.504. The van der Waals surface area contributed by atoms with Crippen LogP contribution < -0.4 is 11.1 Å². The van der Waals surface area contributed by atoms with Crippen LogP contribution in [0.5, 0.6) is 5.75 Å². The Morgan fingerprint density at radius 2 is 1.81 bits per heavy atom. The fraction of sp³-hybridized carbons (Fsp3) is 0.200. The maximum absolute atomic E-state index is 12.9. The van der Waals surface area contributed by atoms with Gasteiger partial charge in [-0.25, -0.2) is 9.37 Å². The smallest absolute Gasteiger partial charge is 0.273 e. The van der Waals surface area contributed by atoms with Crippen LogP contribution in [0.15, 0.2) is 59.2 Å². The van der Waals surface area contributed by atoms with Crippen molar-refractivity contribution in [2.75, 3.05) is 6.54 Å². The lowest BCUT2D eigenvalue weighted by molar-refractivity contribution is 0.0949. The number of aromatic nitrogens is 1. The number of hydrogen-bond acceptors (Lipinski definition) is 5. The number of oxazole rings is 1. The quantitative estimate of drug-likeness (QED) is 0.594. The van der Waals surface area contributed by atoms with E-state index in [4.69, 9.17) is 10.2 Å². The summed E-state index contributed by atoms with van der Waals surface area (Å²) in [5.74, 6) is -0.194. The Bertz CT molecular complexity index is 892. The van der Waals surface area contributed by atoms with Gasteiger partial charge in [-0.15, -0.1) is 0 Å². The van der Waals surface area contributed by atoms with Gasteiger partial charge < -0.3 is 20.6 Å². The summed E-state index contributed by atoms with van der Waals surface area (Å²) >= 11 is 0. The van der Waals surface area contributed by atoms with Crippen LogP contribution in [0.3, 0.4) is 0 Å². The first-order valence-electron chi connectivity index (χ1n) is 8.53. The molecule has 7 heteroatoms. The first-order chi connectivity index (χ1) is 13.0. The fourth-order valence-electron chi connectivity index (χ4n) is 2.60. The number of nitrogens with one attached hydrogen (secondary N) is 1. The Hall–Kier alpha value is -3.19. The van der Waals surface area contributed by atoms with Crippen molar-refractivity contribution in [1.82, 2.24) is 10.3 Å². The third kappa shape index (κ3) is 5.15. The van der Waals surface area contributed by atoms with Crippen LogP contribution in [0.2, 0.25) is 0 Å². The van der Waals surface area contributed by atoms with Gasteiger partial charge in [0.15, 0.2) is 5.69 Å². The topological polar surface area (TPSA) is 101 Å². The van der Waals surface area contributed by atoms with Crippen molar-refractivity contribution in [1.29, 1.82) is 0 Å². The monoisotopic (exact) mass is 369 g/mol. The molecule has 0 radical (unpaired) electrons. The lowest BCUT2D eigenvalue weighted by Gasteiger charge is -2.07. The predicted octanol–water partition coefficient (Wildman–Crippen LogP) is 2.73. The van der Waals surface area contributed by atoms with E-state index >= 15 is 0 Å². The molecule has 1 aromatic heterocycles. The van der Waals surface area contributed by atoms with E-state index in [9.17, 15) is 14.3 Å². The number of carbonyl (C=O) groups is 1. The predicted molar refractivity (Wildman–Crippen MR) is 97.7 cm³/mol. The Balaban J connectivity index is 1.52. The molecule has 4 N–H and O–H groups in total. The van der Waals surface area contributed by atoms with E-state index in [1.54, 1.807) is 36.4 Å². The van der Waals surface area contributed by atoms with Crippen molar-refractivity contribution in [3.63, 3.8) is 0 Å². The number of halogens is 1. The first-order valence-corrected chi connectivity index (χ1v) is 8.53. The molecule has 1 atom stereocenters. The zero-order chi connectivity index (χ0) is 19.2. The third-order valence-electron chi connectivity index (χ3n) is 4.08. The molecule has 140 valence electrons. The van der Waals surface area contributed by atoms with Crippen molar-refractivity contribution >= 4 is 5.91 Å². The molecule has 1 amide bonds. The summed E-state index contributed by atoms with van der Waals surface area (Å²) < 4.78 is 18.2. The molecule has 1 heterocycles. The van der Waals surface area contributed by atoms with Gasteiger partial charge in [0.25, 0.3) is 5.91 Å². The van der Waals surface area contributed by atoms with Crippen LogP contribution in [0.4, 0.5) is 4.39 Å². The Labute approximate surface area is 155 Å². The number of hydrogen-bond donors (Lipinski definition) is 3. The molecule has 2 aromatic carbocycles. The van der Waals surface area contributed by atoms with Crippen LogP contribution in [0.1, 0.15) is 33.5 Å². The number of amides is 1. The highest BCUT2D eigenvalue weighted by atomic mass is 19.1. The molecule has 0 aliphatic rings. The number of nitrogens with zero attached hydrogens (tertiary/aromatic N) is 1. The Kier molecular flexibility index (Phi) is 5.83. The average molecular weight is 369 g/mol. The summed E-state index contributed by atoms with van der Waals surface area (Å²) in [6, 6.07) is 12.3. The van der Waals surface area contributed by atoms with E-state index in [2.05, 4.69) is 10.3 Å². The number of aromatic hydroxyl groups is 1. The van der Waals surface area contributed by atoms with Gasteiger partial charge in [-0.05, 0) is 48.2 Å². The standard InChI is InChI=1S/C20H20FN3O3/c21-15-5-1-13(2-6-15)9-10-23-19(26)18-12-27-20(24-18)17(22)11-14-3-7-16(25)8-4-14/h1-8,12,17,25H,9-11,22H2,(H,23,26). The highest BCUT2D eigenvalue weighted by Crippen LogP contribution is 2.18. The summed E-state index contributed by atoms with van der Waals surface area (Å²) in [6.45, 7) is 0.395. The molecule has 0 bridgehead atoms. The highest BCUT2D eigenvalue weighted by Gasteiger charge is 2.17. The van der Waals surface area contributed by atoms with Gasteiger partial charge in [0.1, 0.15) is 17.8 Å². The van der Waals surface area contributed by atoms with E-state index in [1.165, 1.54) is 18.4 Å². The number of benzene rings is 2. The maximum atomic E-state index is 12.9. The van der Waals surface area contributed by atoms with Gasteiger partial charge in [0.05, 0.1) is 6.04 Å². The van der Waals surface area contributed by atoms with Gasteiger partial charge in [0, 0.05) is 6.54 Å². The SMILES string of the molecule is NC(Cc1ccc(O)cc1)c1nc(C(=O)NCCc2ccc(F)cc2)co1. The lowest BCUT2D eigenvalue weighted by Crippen LogP contribution is -2.26. The number of phenolic OH excluding ortho intramolecular Hbond substituents is 1. The second-order valence-electron chi connectivity index (χ2n) is 6.18. The molecular weight excluding hydrogens is 349 g/mol. The van der Waals surface area contributed by atoms with E-state index < -0.39 is 6.04 Å². The lowest BCUT2D eigenvalue weighted by atomic mass is 10.1. The van der Waals surface area contributed by atoms with Crippen LogP contribution in [0, 0.1) is 5.82 Å². The van der Waals surface area contributed by atoms with E-state index in [1.807, 2.05) is 0 Å². The molecule has 0 saturated carbocycles. The normalized spacial score (nSPS) is 11.9. The molecular formula is C20H20FN3O3. The summed E-state index contributed by atoms with van der Waals surface area (Å²) in [5.41, 5.74) is 8.09. The zero-order valence-electron chi connectivity index (χ0n) is 14.6. The van der Waals surface area contributed by atoms with Crippen LogP contribution in [0.25, 0.3) is 0 Å². The van der Waals surface area contributed by atoms with Gasteiger partial charge in [-0.1, -0.05) is 24.3 Å². The Morgan fingerprint density at radius 3 is 2.52 bits per heavy atom. The van der Waals surface area contributed by atoms with Gasteiger partial charge in [-0.3, -0.25) is 4.79 Å². The summed E-state index contributed by atoms with van der Waals surface area (Å²) in [7, 11) is 0. The molecule has 0 aliphatic carbocycles. The summed E-state index contributed by atoms with van der Waals surface area (Å²) in [5, 5.41) is 12.1. The van der Waals surface area contributed by atoms with Crippen molar-refractivity contribution in [2.45, 2.75) is 18.9 Å². The van der Waals surface area contributed by atoms with Crippen LogP contribution >= 0.6 is 0 Å². The van der Waals surface area contributed by atoms with Gasteiger partial charge in [0.2, 0.25) is 5.89 Å². The van der Waals surface area contributed by atoms with Crippen molar-refractivity contribution in [2.24, 2.45) is 5.73 Å². The first kappa shape index (κ1) is 18.6. The molecule has 0 saturated heterocycles. The highest BCUT2D eigenvalue weighted by molar-refractivity contribution is 5.91. The second-order valence-corrected chi connectivity index (χ2v) is 6.18. The molecule has 27 heavy (non-hydrogen) atoms. The largest absolute Gasteiger partial charge is 0.508 e. The number of carbonyl (C=O) groups excluding carboxylic acids is 1. The second kappa shape index (κ2) is 8.46. The molecule has 6 nitrogen and oxygen atoms in total. The molecule has 0 fully saturated rings. The molecule has 1 unspecified atom stereocenters.